The lowest BCUT2D eigenvalue weighted by atomic mass is 9.93. The largest absolute Gasteiger partial charge is 0.507 e. The van der Waals surface area contributed by atoms with E-state index in [9.17, 15) is 10.2 Å². The van der Waals surface area contributed by atoms with Crippen LogP contribution in [0.15, 0.2) is 18.2 Å². The van der Waals surface area contributed by atoms with Crippen LogP contribution in [-0.2, 0) is 6.42 Å². The number of fused-ring (bicyclic) bond motifs is 2. The summed E-state index contributed by atoms with van der Waals surface area (Å²) in [5.41, 5.74) is 3.37. The average Bonchev–Trinajstić information content (AvgIpc) is 2.99. The standard InChI is InChI=1S/C18H18O5/c1-9-5-11-3-4-14(23-18(11)10(2)17(9)20)12-6-15-16(7-13(12)19)22-8-21-15/h5-7,14,19-20H,3-4,8H2,1-2H3/t14-/m0/s1. The van der Waals surface area contributed by atoms with E-state index in [2.05, 4.69) is 0 Å². The van der Waals surface area contributed by atoms with Gasteiger partial charge in [-0.1, -0.05) is 0 Å². The number of phenolic OH excluding ortho intramolecular Hbond substituents is 2. The van der Waals surface area contributed by atoms with E-state index in [1.807, 2.05) is 19.9 Å². The van der Waals surface area contributed by atoms with E-state index in [0.717, 1.165) is 29.5 Å². The molecule has 1 atom stereocenters. The van der Waals surface area contributed by atoms with E-state index in [4.69, 9.17) is 14.2 Å². The quantitative estimate of drug-likeness (QED) is 0.843. The third-order valence-electron chi connectivity index (χ3n) is 4.56. The molecule has 4 rings (SSSR count). The van der Waals surface area contributed by atoms with Crippen LogP contribution in [0.2, 0.25) is 0 Å². The fourth-order valence-electron chi connectivity index (χ4n) is 3.30. The van der Waals surface area contributed by atoms with Crippen LogP contribution in [0.25, 0.3) is 0 Å². The number of hydrogen-bond donors (Lipinski definition) is 2. The molecule has 120 valence electrons. The molecule has 2 aliphatic heterocycles. The minimum absolute atomic E-state index is 0.136. The molecular weight excluding hydrogens is 296 g/mol. The topological polar surface area (TPSA) is 68.2 Å². The second-order valence-electron chi connectivity index (χ2n) is 6.06. The summed E-state index contributed by atoms with van der Waals surface area (Å²) in [6.07, 6.45) is 1.30. The molecule has 5 heteroatoms. The minimum Gasteiger partial charge on any atom is -0.507 e. The number of phenols is 2. The lowest BCUT2D eigenvalue weighted by Gasteiger charge is -2.29. The Hall–Kier alpha value is -2.56. The highest BCUT2D eigenvalue weighted by atomic mass is 16.7. The van der Waals surface area contributed by atoms with Crippen molar-refractivity contribution in [3.8, 4) is 28.7 Å². The van der Waals surface area contributed by atoms with Crippen molar-refractivity contribution in [3.63, 3.8) is 0 Å². The zero-order chi connectivity index (χ0) is 16.1. The van der Waals surface area contributed by atoms with Crippen LogP contribution in [0.5, 0.6) is 28.7 Å². The van der Waals surface area contributed by atoms with Crippen molar-refractivity contribution in [3.05, 3.63) is 40.5 Å². The Morgan fingerprint density at radius 1 is 1.04 bits per heavy atom. The molecule has 0 aliphatic carbocycles. The molecule has 23 heavy (non-hydrogen) atoms. The number of aryl methyl sites for hydroxylation is 2. The van der Waals surface area contributed by atoms with Gasteiger partial charge in [-0.2, -0.15) is 0 Å². The Balaban J connectivity index is 1.73. The summed E-state index contributed by atoms with van der Waals surface area (Å²) in [6.45, 7) is 3.90. The first kappa shape index (κ1) is 14.1. The van der Waals surface area contributed by atoms with Gasteiger partial charge in [0.25, 0.3) is 0 Å². The molecule has 0 bridgehead atoms. The third kappa shape index (κ3) is 2.15. The lowest BCUT2D eigenvalue weighted by molar-refractivity contribution is 0.168. The van der Waals surface area contributed by atoms with Crippen molar-refractivity contribution in [1.29, 1.82) is 0 Å². The fraction of sp³-hybridized carbons (Fsp3) is 0.333. The van der Waals surface area contributed by atoms with E-state index in [1.165, 1.54) is 0 Å². The van der Waals surface area contributed by atoms with Crippen LogP contribution in [-0.4, -0.2) is 17.0 Å². The molecule has 2 aromatic carbocycles. The molecule has 0 amide bonds. The maximum atomic E-state index is 10.3. The Morgan fingerprint density at radius 3 is 2.57 bits per heavy atom. The number of aromatic hydroxyl groups is 2. The number of hydrogen-bond acceptors (Lipinski definition) is 5. The highest BCUT2D eigenvalue weighted by molar-refractivity contribution is 5.56. The van der Waals surface area contributed by atoms with Gasteiger partial charge in [-0.3, -0.25) is 0 Å². The van der Waals surface area contributed by atoms with Crippen LogP contribution in [0.4, 0.5) is 0 Å². The first-order valence-corrected chi connectivity index (χ1v) is 7.66. The SMILES string of the molecule is Cc1cc2c(c(C)c1O)O[C@H](c1cc3c(cc1O)OCO3)CC2. The fourth-order valence-corrected chi connectivity index (χ4v) is 3.30. The second-order valence-corrected chi connectivity index (χ2v) is 6.06. The smallest absolute Gasteiger partial charge is 0.231 e. The zero-order valence-corrected chi connectivity index (χ0v) is 13.0. The molecule has 0 unspecified atom stereocenters. The van der Waals surface area contributed by atoms with E-state index >= 15 is 0 Å². The maximum absolute atomic E-state index is 10.3. The normalized spacial score (nSPS) is 18.4. The van der Waals surface area contributed by atoms with Gasteiger partial charge in [-0.25, -0.2) is 0 Å². The predicted molar refractivity (Wildman–Crippen MR) is 83.5 cm³/mol. The van der Waals surface area contributed by atoms with Crippen molar-refractivity contribution in [2.24, 2.45) is 0 Å². The molecule has 0 saturated carbocycles. The Labute approximate surface area is 134 Å². The minimum atomic E-state index is -0.280. The highest BCUT2D eigenvalue weighted by Gasteiger charge is 2.28. The lowest BCUT2D eigenvalue weighted by Crippen LogP contribution is -2.16. The molecule has 0 saturated heterocycles. The average molecular weight is 314 g/mol. The Kier molecular flexibility index (Phi) is 3.04. The van der Waals surface area contributed by atoms with Crippen LogP contribution >= 0.6 is 0 Å². The van der Waals surface area contributed by atoms with Crippen LogP contribution < -0.4 is 14.2 Å². The van der Waals surface area contributed by atoms with Crippen molar-refractivity contribution < 1.29 is 24.4 Å². The molecule has 2 aliphatic rings. The monoisotopic (exact) mass is 314 g/mol. The van der Waals surface area contributed by atoms with Gasteiger partial charge in [0.1, 0.15) is 23.4 Å². The zero-order valence-electron chi connectivity index (χ0n) is 13.0. The highest BCUT2D eigenvalue weighted by Crippen LogP contribution is 2.46. The van der Waals surface area contributed by atoms with E-state index in [0.29, 0.717) is 22.8 Å². The van der Waals surface area contributed by atoms with Crippen molar-refractivity contribution in [1.82, 2.24) is 0 Å². The number of benzene rings is 2. The van der Waals surface area contributed by atoms with Gasteiger partial charge in [0.15, 0.2) is 11.5 Å². The first-order chi connectivity index (χ1) is 11.0. The molecule has 0 spiro atoms. The van der Waals surface area contributed by atoms with E-state index in [-0.39, 0.29) is 24.4 Å². The van der Waals surface area contributed by atoms with Gasteiger partial charge in [0.2, 0.25) is 6.79 Å². The number of rotatable bonds is 1. The molecule has 0 fully saturated rings. The van der Waals surface area contributed by atoms with Crippen LogP contribution in [0.1, 0.15) is 34.8 Å². The van der Waals surface area contributed by atoms with E-state index in [1.54, 1.807) is 12.1 Å². The molecule has 2 aromatic rings. The molecule has 0 radical (unpaired) electrons. The maximum Gasteiger partial charge on any atom is 0.231 e. The van der Waals surface area contributed by atoms with Crippen molar-refractivity contribution >= 4 is 0 Å². The van der Waals surface area contributed by atoms with Gasteiger partial charge in [0, 0.05) is 17.2 Å². The number of ether oxygens (including phenoxy) is 3. The summed E-state index contributed by atoms with van der Waals surface area (Å²) in [6, 6.07) is 5.31. The van der Waals surface area contributed by atoms with Crippen molar-refractivity contribution in [2.45, 2.75) is 32.8 Å². The molecule has 0 aromatic heterocycles. The summed E-state index contributed by atoms with van der Waals surface area (Å²) < 4.78 is 16.8. The van der Waals surface area contributed by atoms with Crippen LogP contribution in [0, 0.1) is 13.8 Å². The molecular formula is C18H18O5. The summed E-state index contributed by atoms with van der Waals surface area (Å²) >= 11 is 0. The first-order valence-electron chi connectivity index (χ1n) is 7.66. The van der Waals surface area contributed by atoms with Gasteiger partial charge in [-0.05, 0) is 49.9 Å². The van der Waals surface area contributed by atoms with Crippen LogP contribution in [0.3, 0.4) is 0 Å². The second kappa shape index (κ2) is 4.98. The molecule has 2 heterocycles. The summed E-state index contributed by atoms with van der Waals surface area (Å²) in [4.78, 5) is 0. The Bertz CT molecular complexity index is 797. The third-order valence-corrected chi connectivity index (χ3v) is 4.56. The van der Waals surface area contributed by atoms with Gasteiger partial charge < -0.3 is 24.4 Å². The molecule has 5 nitrogen and oxygen atoms in total. The summed E-state index contributed by atoms with van der Waals surface area (Å²) in [5, 5.41) is 20.4. The predicted octanol–water partition coefficient (Wildman–Crippen LogP) is 3.51. The summed E-state index contributed by atoms with van der Waals surface area (Å²) in [7, 11) is 0. The van der Waals surface area contributed by atoms with Gasteiger partial charge >= 0.3 is 0 Å². The van der Waals surface area contributed by atoms with E-state index < -0.39 is 0 Å². The summed E-state index contributed by atoms with van der Waals surface area (Å²) in [5.74, 6) is 2.28. The van der Waals surface area contributed by atoms with Gasteiger partial charge in [-0.15, -0.1) is 0 Å². The Morgan fingerprint density at radius 2 is 1.78 bits per heavy atom. The van der Waals surface area contributed by atoms with Gasteiger partial charge in [0.05, 0.1) is 0 Å². The van der Waals surface area contributed by atoms with Crippen molar-refractivity contribution in [2.75, 3.05) is 6.79 Å². The molecule has 2 N–H and O–H groups in total.